The van der Waals surface area contributed by atoms with Crippen LogP contribution in [0.2, 0.25) is 5.02 Å². The van der Waals surface area contributed by atoms with E-state index in [1.54, 1.807) is 36.8 Å². The van der Waals surface area contributed by atoms with Crippen molar-refractivity contribution in [3.05, 3.63) is 108 Å². The standard InChI is InChI=1S/C33H28ClF3N6O4S/c34-27-19-39-12-10-23(27)20-42-13-15-43(16-14-42)32(44)22-6-8-28(29(17-22)47-33(35,36)37)41-48(45,46)30-9-7-24(38)18-26(30)25-5-1-3-21-4-2-11-40-31(21)25/h1-12,17-19,41H,13-16,20,38H2. The molecule has 2 aromatic heterocycles. The highest BCUT2D eigenvalue weighted by molar-refractivity contribution is 7.92. The fourth-order valence-corrected chi connectivity index (χ4v) is 6.98. The van der Waals surface area contributed by atoms with E-state index < -0.39 is 33.7 Å². The molecule has 15 heteroatoms. The van der Waals surface area contributed by atoms with Gasteiger partial charge in [-0.15, -0.1) is 13.2 Å². The molecule has 3 N–H and O–H groups in total. The van der Waals surface area contributed by atoms with Crippen LogP contribution < -0.4 is 15.2 Å². The lowest BCUT2D eigenvalue weighted by Gasteiger charge is -2.35. The highest BCUT2D eigenvalue weighted by Gasteiger charge is 2.34. The van der Waals surface area contributed by atoms with Crippen LogP contribution in [-0.2, 0) is 16.6 Å². The number of halogens is 4. The summed E-state index contributed by atoms with van der Waals surface area (Å²) < 4.78 is 74.7. The number of alkyl halides is 3. The zero-order chi connectivity index (χ0) is 34.1. The predicted molar refractivity (Wildman–Crippen MR) is 176 cm³/mol. The number of pyridine rings is 2. The Morgan fingerprint density at radius 1 is 0.958 bits per heavy atom. The van der Waals surface area contributed by atoms with Crippen LogP contribution in [0.1, 0.15) is 15.9 Å². The molecule has 48 heavy (non-hydrogen) atoms. The zero-order valence-corrected chi connectivity index (χ0v) is 26.7. The van der Waals surface area contributed by atoms with Gasteiger partial charge < -0.3 is 15.4 Å². The van der Waals surface area contributed by atoms with Gasteiger partial charge in [0, 0.05) is 79.1 Å². The number of hydrogen-bond acceptors (Lipinski definition) is 8. The second-order valence-corrected chi connectivity index (χ2v) is 13.1. The molecule has 5 aromatic rings. The van der Waals surface area contributed by atoms with Gasteiger partial charge in [-0.2, -0.15) is 0 Å². The number of hydrogen-bond donors (Lipinski definition) is 2. The number of piperazine rings is 1. The number of rotatable bonds is 8. The molecule has 0 radical (unpaired) electrons. The predicted octanol–water partition coefficient (Wildman–Crippen LogP) is 6.19. The maximum Gasteiger partial charge on any atom is 0.573 e. The number of ether oxygens (including phenoxy) is 1. The largest absolute Gasteiger partial charge is 0.573 e. The summed E-state index contributed by atoms with van der Waals surface area (Å²) in [6, 6.07) is 17.9. The van der Waals surface area contributed by atoms with Gasteiger partial charge in [-0.1, -0.05) is 35.9 Å². The van der Waals surface area contributed by atoms with Crippen LogP contribution in [0.4, 0.5) is 24.5 Å². The van der Waals surface area contributed by atoms with E-state index in [0.29, 0.717) is 48.8 Å². The van der Waals surface area contributed by atoms with Gasteiger partial charge >= 0.3 is 6.36 Å². The second kappa shape index (κ2) is 13.3. The van der Waals surface area contributed by atoms with Crippen LogP contribution in [0.5, 0.6) is 5.75 Å². The molecule has 10 nitrogen and oxygen atoms in total. The normalized spacial score (nSPS) is 14.2. The molecule has 6 rings (SSSR count). The van der Waals surface area contributed by atoms with Gasteiger partial charge in [-0.3, -0.25) is 24.4 Å². The summed E-state index contributed by atoms with van der Waals surface area (Å²) in [4.78, 5) is 25.1. The number of para-hydroxylation sites is 1. The summed E-state index contributed by atoms with van der Waals surface area (Å²) in [5.74, 6) is -1.41. The van der Waals surface area contributed by atoms with Crippen LogP contribution in [0.3, 0.4) is 0 Å². The number of carbonyl (C=O) groups excluding carboxylic acids is 1. The first-order valence-corrected chi connectivity index (χ1v) is 16.5. The first kappa shape index (κ1) is 33.0. The second-order valence-electron chi connectivity index (χ2n) is 11.0. The smallest absolute Gasteiger partial charge is 0.404 e. The molecule has 1 amide bonds. The molecule has 0 spiro atoms. The number of fused-ring (bicyclic) bond motifs is 1. The first-order chi connectivity index (χ1) is 22.9. The number of nitrogens with two attached hydrogens (primary N) is 1. The van der Waals surface area contributed by atoms with Gasteiger partial charge in [-0.25, -0.2) is 8.42 Å². The summed E-state index contributed by atoms with van der Waals surface area (Å²) in [6.45, 7) is 2.19. The zero-order valence-electron chi connectivity index (χ0n) is 25.1. The minimum Gasteiger partial charge on any atom is -0.404 e. The number of amides is 1. The Morgan fingerprint density at radius 3 is 2.48 bits per heavy atom. The number of carbonyl (C=O) groups is 1. The third kappa shape index (κ3) is 7.30. The molecule has 0 atom stereocenters. The van der Waals surface area contributed by atoms with Crippen LogP contribution in [0, 0.1) is 0 Å². The van der Waals surface area contributed by atoms with Crippen molar-refractivity contribution in [2.45, 2.75) is 17.8 Å². The fraction of sp³-hybridized carbons (Fsp3) is 0.182. The number of anilines is 2. The number of aromatic nitrogens is 2. The molecule has 1 aliphatic rings. The van der Waals surface area contributed by atoms with E-state index in [4.69, 9.17) is 17.3 Å². The van der Waals surface area contributed by atoms with Crippen LogP contribution in [0.15, 0.2) is 96.3 Å². The van der Waals surface area contributed by atoms with E-state index in [-0.39, 0.29) is 21.7 Å². The van der Waals surface area contributed by atoms with Gasteiger partial charge in [0.1, 0.15) is 0 Å². The number of nitrogens with zero attached hydrogens (tertiary/aromatic N) is 4. The molecule has 3 heterocycles. The molecule has 248 valence electrons. The van der Waals surface area contributed by atoms with Crippen molar-refractivity contribution in [3.63, 3.8) is 0 Å². The van der Waals surface area contributed by atoms with Crippen molar-refractivity contribution >= 4 is 49.8 Å². The average molecular weight is 697 g/mol. The molecule has 0 aliphatic carbocycles. The molecule has 1 saturated heterocycles. The van der Waals surface area contributed by atoms with Crippen molar-refractivity contribution in [2.24, 2.45) is 0 Å². The Kier molecular flexibility index (Phi) is 9.14. The first-order valence-electron chi connectivity index (χ1n) is 14.6. The summed E-state index contributed by atoms with van der Waals surface area (Å²) in [5, 5.41) is 1.27. The molecule has 0 saturated carbocycles. The van der Waals surface area contributed by atoms with Gasteiger partial charge in [0.25, 0.3) is 15.9 Å². The third-order valence-corrected chi connectivity index (χ3v) is 9.59. The van der Waals surface area contributed by atoms with Crippen molar-refractivity contribution in [1.82, 2.24) is 19.8 Å². The SMILES string of the molecule is Nc1ccc(S(=O)(=O)Nc2ccc(C(=O)N3CCN(Cc4ccncc4Cl)CC3)cc2OC(F)(F)F)c(-c2cccc3cccnc23)c1. The third-order valence-electron chi connectivity index (χ3n) is 7.82. The minimum atomic E-state index is -5.18. The van der Waals surface area contributed by atoms with E-state index >= 15 is 0 Å². The number of sulfonamides is 1. The number of nitrogens with one attached hydrogen (secondary N) is 1. The topological polar surface area (TPSA) is 131 Å². The van der Waals surface area contributed by atoms with Crippen molar-refractivity contribution in [3.8, 4) is 16.9 Å². The molecular weight excluding hydrogens is 669 g/mol. The Balaban J connectivity index is 1.26. The molecule has 1 fully saturated rings. The van der Waals surface area contributed by atoms with E-state index in [0.717, 1.165) is 23.1 Å². The van der Waals surface area contributed by atoms with Gasteiger partial charge in [0.2, 0.25) is 0 Å². The van der Waals surface area contributed by atoms with Gasteiger partial charge in [0.15, 0.2) is 5.75 Å². The Bertz CT molecular complexity index is 2100. The fourth-order valence-electron chi connectivity index (χ4n) is 5.53. The maximum absolute atomic E-state index is 13.8. The van der Waals surface area contributed by atoms with Crippen molar-refractivity contribution < 1.29 is 31.1 Å². The van der Waals surface area contributed by atoms with Crippen LogP contribution in [-0.4, -0.2) is 66.6 Å². The summed E-state index contributed by atoms with van der Waals surface area (Å²) in [6.07, 6.45) is -0.420. The Labute approximate surface area is 279 Å². The lowest BCUT2D eigenvalue weighted by atomic mass is 10.0. The summed E-state index contributed by atoms with van der Waals surface area (Å²) >= 11 is 6.22. The van der Waals surface area contributed by atoms with E-state index in [2.05, 4.69) is 24.3 Å². The Morgan fingerprint density at radius 2 is 1.73 bits per heavy atom. The highest BCUT2D eigenvalue weighted by atomic mass is 35.5. The molecule has 0 unspecified atom stereocenters. The molecule has 3 aromatic carbocycles. The maximum atomic E-state index is 13.8. The number of benzene rings is 3. The van der Waals surface area contributed by atoms with E-state index in [1.807, 2.05) is 18.2 Å². The van der Waals surface area contributed by atoms with Crippen LogP contribution >= 0.6 is 11.6 Å². The highest BCUT2D eigenvalue weighted by Crippen LogP contribution is 2.37. The summed E-state index contributed by atoms with van der Waals surface area (Å²) in [7, 11) is -4.54. The summed E-state index contributed by atoms with van der Waals surface area (Å²) in [5.41, 5.74) is 7.73. The Hall–Kier alpha value is -4.92. The molecule has 0 bridgehead atoms. The lowest BCUT2D eigenvalue weighted by molar-refractivity contribution is -0.274. The lowest BCUT2D eigenvalue weighted by Crippen LogP contribution is -2.48. The monoisotopic (exact) mass is 696 g/mol. The van der Waals surface area contributed by atoms with Crippen LogP contribution in [0.25, 0.3) is 22.0 Å². The average Bonchev–Trinajstić information content (AvgIpc) is 3.05. The van der Waals surface area contributed by atoms with E-state index in [9.17, 15) is 26.4 Å². The quantitative estimate of drug-likeness (QED) is 0.184. The number of nitrogen functional groups attached to an aromatic ring is 1. The van der Waals surface area contributed by atoms with Gasteiger partial charge in [-0.05, 0) is 54.1 Å². The van der Waals surface area contributed by atoms with Gasteiger partial charge in [0.05, 0.1) is 21.1 Å². The molecule has 1 aliphatic heterocycles. The van der Waals surface area contributed by atoms with Crippen molar-refractivity contribution in [1.29, 1.82) is 0 Å². The van der Waals surface area contributed by atoms with Crippen molar-refractivity contribution in [2.75, 3.05) is 36.6 Å². The molecular formula is C33H28ClF3N6O4S. The van der Waals surface area contributed by atoms with E-state index in [1.165, 1.54) is 29.2 Å². The minimum absolute atomic E-state index is 0.0992.